The van der Waals surface area contributed by atoms with Crippen molar-refractivity contribution < 1.29 is 9.72 Å². The Labute approximate surface area is 130 Å². The van der Waals surface area contributed by atoms with E-state index in [0.29, 0.717) is 21.2 Å². The molecular formula is C15H9Cl2NO3. The van der Waals surface area contributed by atoms with E-state index in [-0.39, 0.29) is 11.5 Å². The Morgan fingerprint density at radius 1 is 1.05 bits per heavy atom. The highest BCUT2D eigenvalue weighted by Gasteiger charge is 2.08. The van der Waals surface area contributed by atoms with Gasteiger partial charge in [-0.05, 0) is 36.4 Å². The number of carbonyl (C=O) groups excluding carboxylic acids is 1. The Bertz CT molecular complexity index is 704. The van der Waals surface area contributed by atoms with Crippen LogP contribution in [-0.2, 0) is 0 Å². The largest absolute Gasteiger partial charge is 0.289 e. The molecule has 106 valence electrons. The fourth-order valence-electron chi connectivity index (χ4n) is 1.67. The minimum absolute atomic E-state index is 0.0651. The lowest BCUT2D eigenvalue weighted by Gasteiger charge is -2.00. The van der Waals surface area contributed by atoms with Crippen LogP contribution in [-0.4, -0.2) is 10.7 Å². The Kier molecular flexibility index (Phi) is 4.73. The number of non-ortho nitro benzene ring substituents is 1. The van der Waals surface area contributed by atoms with E-state index in [2.05, 4.69) is 0 Å². The quantitative estimate of drug-likeness (QED) is 0.352. The van der Waals surface area contributed by atoms with E-state index in [9.17, 15) is 14.9 Å². The predicted octanol–water partition coefficient (Wildman–Crippen LogP) is 4.80. The first-order valence-electron chi connectivity index (χ1n) is 5.90. The molecule has 0 radical (unpaired) electrons. The van der Waals surface area contributed by atoms with Gasteiger partial charge in [0.05, 0.1) is 4.92 Å². The van der Waals surface area contributed by atoms with E-state index in [0.717, 1.165) is 0 Å². The molecular weight excluding hydrogens is 313 g/mol. The molecule has 0 atom stereocenters. The van der Waals surface area contributed by atoms with E-state index in [1.54, 1.807) is 18.2 Å². The highest BCUT2D eigenvalue weighted by atomic mass is 35.5. The Balaban J connectivity index is 2.21. The number of benzene rings is 2. The molecule has 0 aromatic heterocycles. The van der Waals surface area contributed by atoms with Crippen molar-refractivity contribution in [3.05, 3.63) is 79.8 Å². The van der Waals surface area contributed by atoms with Gasteiger partial charge >= 0.3 is 0 Å². The summed E-state index contributed by atoms with van der Waals surface area (Å²) in [5.74, 6) is -0.291. The van der Waals surface area contributed by atoms with Gasteiger partial charge in [-0.3, -0.25) is 14.9 Å². The summed E-state index contributed by atoms with van der Waals surface area (Å²) in [5.41, 5.74) is 0.834. The monoisotopic (exact) mass is 321 g/mol. The standard InChI is InChI=1S/C15H9Cl2NO3/c16-13-2-1-3-14(17)12(13)8-9-15(19)10-4-6-11(7-5-10)18(20)21/h1-9H/b9-8-. The number of halogens is 2. The van der Waals surface area contributed by atoms with Crippen LogP contribution in [0.25, 0.3) is 6.08 Å². The zero-order valence-corrected chi connectivity index (χ0v) is 12.1. The first kappa shape index (κ1) is 15.2. The van der Waals surface area contributed by atoms with Gasteiger partial charge in [-0.15, -0.1) is 0 Å². The molecule has 0 unspecified atom stereocenters. The minimum atomic E-state index is -0.520. The molecule has 0 aliphatic carbocycles. The Hall–Kier alpha value is -2.17. The first-order chi connectivity index (χ1) is 9.99. The topological polar surface area (TPSA) is 60.2 Å². The van der Waals surface area contributed by atoms with Crippen LogP contribution in [0.1, 0.15) is 15.9 Å². The molecule has 0 aliphatic heterocycles. The predicted molar refractivity (Wildman–Crippen MR) is 82.9 cm³/mol. The molecule has 21 heavy (non-hydrogen) atoms. The molecule has 0 N–H and O–H groups in total. The van der Waals surface area contributed by atoms with Crippen molar-refractivity contribution in [3.63, 3.8) is 0 Å². The lowest BCUT2D eigenvalue weighted by Crippen LogP contribution is -1.95. The summed E-state index contributed by atoms with van der Waals surface area (Å²) in [6, 6.07) is 10.4. The van der Waals surface area contributed by atoms with E-state index in [4.69, 9.17) is 23.2 Å². The van der Waals surface area contributed by atoms with Gasteiger partial charge in [0.1, 0.15) is 0 Å². The van der Waals surface area contributed by atoms with Gasteiger partial charge in [-0.2, -0.15) is 0 Å². The van der Waals surface area contributed by atoms with E-state index in [1.165, 1.54) is 36.4 Å². The van der Waals surface area contributed by atoms with Gasteiger partial charge in [-0.25, -0.2) is 0 Å². The average Bonchev–Trinajstić information content (AvgIpc) is 2.46. The maximum absolute atomic E-state index is 12.0. The second-order valence-corrected chi connectivity index (χ2v) is 4.95. The molecule has 0 saturated carbocycles. The van der Waals surface area contributed by atoms with Crippen LogP contribution in [0.3, 0.4) is 0 Å². The van der Waals surface area contributed by atoms with Crippen molar-refractivity contribution in [3.8, 4) is 0 Å². The molecule has 6 heteroatoms. The van der Waals surface area contributed by atoms with Crippen molar-refractivity contribution in [1.29, 1.82) is 0 Å². The van der Waals surface area contributed by atoms with Gasteiger partial charge in [-0.1, -0.05) is 29.3 Å². The number of nitro groups is 1. The Morgan fingerprint density at radius 2 is 1.62 bits per heavy atom. The number of allylic oxidation sites excluding steroid dienone is 1. The van der Waals surface area contributed by atoms with E-state index in [1.807, 2.05) is 0 Å². The zero-order chi connectivity index (χ0) is 15.4. The lowest BCUT2D eigenvalue weighted by molar-refractivity contribution is -0.384. The summed E-state index contributed by atoms with van der Waals surface area (Å²) in [5, 5.41) is 11.4. The summed E-state index contributed by atoms with van der Waals surface area (Å²) in [7, 11) is 0. The number of carbonyl (C=O) groups is 1. The highest BCUT2D eigenvalue weighted by Crippen LogP contribution is 2.25. The zero-order valence-electron chi connectivity index (χ0n) is 10.6. The average molecular weight is 322 g/mol. The van der Waals surface area contributed by atoms with Crippen LogP contribution in [0, 0.1) is 10.1 Å². The molecule has 4 nitrogen and oxygen atoms in total. The molecule has 0 fully saturated rings. The van der Waals surface area contributed by atoms with Gasteiger partial charge in [0, 0.05) is 33.3 Å². The van der Waals surface area contributed by atoms with E-state index < -0.39 is 4.92 Å². The van der Waals surface area contributed by atoms with E-state index >= 15 is 0 Å². The van der Waals surface area contributed by atoms with Crippen molar-refractivity contribution in [1.82, 2.24) is 0 Å². The van der Waals surface area contributed by atoms with Crippen LogP contribution in [0.4, 0.5) is 5.69 Å². The fraction of sp³-hybridized carbons (Fsp3) is 0. The molecule has 2 aromatic carbocycles. The Morgan fingerprint density at radius 3 is 2.14 bits per heavy atom. The first-order valence-corrected chi connectivity index (χ1v) is 6.65. The minimum Gasteiger partial charge on any atom is -0.289 e. The van der Waals surface area contributed by atoms with Crippen LogP contribution < -0.4 is 0 Å². The lowest BCUT2D eigenvalue weighted by atomic mass is 10.1. The van der Waals surface area contributed by atoms with Crippen molar-refractivity contribution >= 4 is 40.7 Å². The molecule has 0 heterocycles. The van der Waals surface area contributed by atoms with Gasteiger partial charge in [0.2, 0.25) is 0 Å². The third-order valence-corrected chi connectivity index (χ3v) is 3.42. The molecule has 0 bridgehead atoms. The SMILES string of the molecule is O=C(/C=C\c1c(Cl)cccc1Cl)c1ccc([N+](=O)[O-])cc1. The summed E-state index contributed by atoms with van der Waals surface area (Å²) < 4.78 is 0. The van der Waals surface area contributed by atoms with Crippen LogP contribution in [0.15, 0.2) is 48.5 Å². The number of hydrogen-bond acceptors (Lipinski definition) is 3. The highest BCUT2D eigenvalue weighted by molar-refractivity contribution is 6.37. The number of nitro benzene ring substituents is 1. The molecule has 0 saturated heterocycles. The van der Waals surface area contributed by atoms with Crippen LogP contribution >= 0.6 is 23.2 Å². The summed E-state index contributed by atoms with van der Waals surface area (Å²) >= 11 is 12.0. The maximum Gasteiger partial charge on any atom is 0.269 e. The van der Waals surface area contributed by atoms with Gasteiger partial charge in [0.15, 0.2) is 5.78 Å². The molecule has 0 amide bonds. The third-order valence-electron chi connectivity index (χ3n) is 2.76. The second kappa shape index (κ2) is 6.52. The van der Waals surface area contributed by atoms with Gasteiger partial charge in [0.25, 0.3) is 5.69 Å². The summed E-state index contributed by atoms with van der Waals surface area (Å²) in [6.07, 6.45) is 2.85. The summed E-state index contributed by atoms with van der Waals surface area (Å²) in [6.45, 7) is 0. The fourth-order valence-corrected chi connectivity index (χ4v) is 2.20. The van der Waals surface area contributed by atoms with Crippen molar-refractivity contribution in [2.75, 3.05) is 0 Å². The number of ketones is 1. The third kappa shape index (κ3) is 3.68. The second-order valence-electron chi connectivity index (χ2n) is 4.14. The van der Waals surface area contributed by atoms with Gasteiger partial charge < -0.3 is 0 Å². The smallest absolute Gasteiger partial charge is 0.269 e. The van der Waals surface area contributed by atoms with Crippen LogP contribution in [0.2, 0.25) is 10.0 Å². The summed E-state index contributed by atoms with van der Waals surface area (Å²) in [4.78, 5) is 22.0. The molecule has 0 spiro atoms. The van der Waals surface area contributed by atoms with Crippen molar-refractivity contribution in [2.45, 2.75) is 0 Å². The number of nitrogens with zero attached hydrogens (tertiary/aromatic N) is 1. The number of rotatable bonds is 4. The molecule has 2 aromatic rings. The van der Waals surface area contributed by atoms with Crippen molar-refractivity contribution in [2.24, 2.45) is 0 Å². The molecule has 2 rings (SSSR count). The normalized spacial score (nSPS) is 10.8. The van der Waals surface area contributed by atoms with Crippen LogP contribution in [0.5, 0.6) is 0 Å². The number of hydrogen-bond donors (Lipinski definition) is 0. The molecule has 0 aliphatic rings. The maximum atomic E-state index is 12.0.